The summed E-state index contributed by atoms with van der Waals surface area (Å²) >= 11 is 1.24. The van der Waals surface area contributed by atoms with Gasteiger partial charge in [0, 0.05) is 0 Å². The SMILES string of the molecule is CCOC(=O)Cc1nnc(OC)s1. The first-order chi connectivity index (χ1) is 6.26. The predicted octanol–water partition coefficient (Wildman–Crippen LogP) is 0.652. The Kier molecular flexibility index (Phi) is 3.63. The molecule has 0 saturated carbocycles. The molecule has 1 aromatic heterocycles. The van der Waals surface area contributed by atoms with Gasteiger partial charge in [0.1, 0.15) is 5.01 Å². The summed E-state index contributed by atoms with van der Waals surface area (Å²) in [6, 6.07) is 0. The Morgan fingerprint density at radius 3 is 2.85 bits per heavy atom. The van der Waals surface area contributed by atoms with Crippen LogP contribution in [0.4, 0.5) is 0 Å². The number of carbonyl (C=O) groups is 1. The highest BCUT2D eigenvalue weighted by Crippen LogP contribution is 2.17. The Balaban J connectivity index is 2.49. The molecular weight excluding hydrogens is 192 g/mol. The molecule has 0 aromatic carbocycles. The van der Waals surface area contributed by atoms with Crippen LogP contribution in [0.2, 0.25) is 0 Å². The lowest BCUT2D eigenvalue weighted by atomic mass is 10.5. The highest BCUT2D eigenvalue weighted by molar-refractivity contribution is 7.13. The van der Waals surface area contributed by atoms with Gasteiger partial charge in [0.15, 0.2) is 0 Å². The van der Waals surface area contributed by atoms with E-state index in [1.165, 1.54) is 18.4 Å². The van der Waals surface area contributed by atoms with Gasteiger partial charge in [-0.2, -0.15) is 0 Å². The zero-order valence-electron chi connectivity index (χ0n) is 7.44. The standard InChI is InChI=1S/C7H10N2O3S/c1-3-12-6(10)4-5-8-9-7(11-2)13-5/h3-4H2,1-2H3. The molecule has 0 bridgehead atoms. The lowest BCUT2D eigenvalue weighted by Crippen LogP contribution is -2.07. The Morgan fingerprint density at radius 1 is 1.54 bits per heavy atom. The zero-order chi connectivity index (χ0) is 9.68. The third kappa shape index (κ3) is 2.98. The van der Waals surface area contributed by atoms with Crippen LogP contribution in [-0.2, 0) is 16.0 Å². The average Bonchev–Trinajstić information content (AvgIpc) is 2.52. The van der Waals surface area contributed by atoms with Gasteiger partial charge < -0.3 is 9.47 Å². The molecule has 0 aliphatic heterocycles. The van der Waals surface area contributed by atoms with Crippen LogP contribution in [0.15, 0.2) is 0 Å². The molecule has 72 valence electrons. The molecule has 0 aliphatic carbocycles. The minimum absolute atomic E-state index is 0.162. The van der Waals surface area contributed by atoms with E-state index in [1.54, 1.807) is 6.92 Å². The number of nitrogens with zero attached hydrogens (tertiary/aromatic N) is 2. The molecule has 1 aromatic rings. The average molecular weight is 202 g/mol. The Bertz CT molecular complexity index is 287. The highest BCUT2D eigenvalue weighted by atomic mass is 32.1. The van der Waals surface area contributed by atoms with Gasteiger partial charge >= 0.3 is 5.97 Å². The minimum Gasteiger partial charge on any atom is -0.472 e. The molecule has 0 fully saturated rings. The Hall–Kier alpha value is -1.17. The lowest BCUT2D eigenvalue weighted by molar-refractivity contribution is -0.142. The molecule has 0 atom stereocenters. The second-order valence-corrected chi connectivity index (χ2v) is 3.17. The van der Waals surface area contributed by atoms with Crippen molar-refractivity contribution < 1.29 is 14.3 Å². The molecular formula is C7H10N2O3S. The summed E-state index contributed by atoms with van der Waals surface area (Å²) in [7, 11) is 1.51. The third-order valence-corrected chi connectivity index (χ3v) is 2.11. The van der Waals surface area contributed by atoms with Crippen LogP contribution in [0.5, 0.6) is 5.19 Å². The fraction of sp³-hybridized carbons (Fsp3) is 0.571. The van der Waals surface area contributed by atoms with Crippen LogP contribution in [-0.4, -0.2) is 29.9 Å². The molecule has 0 saturated heterocycles. The van der Waals surface area contributed by atoms with Crippen molar-refractivity contribution >= 4 is 17.3 Å². The van der Waals surface area contributed by atoms with Crippen molar-refractivity contribution in [2.45, 2.75) is 13.3 Å². The number of aromatic nitrogens is 2. The maximum atomic E-state index is 11.0. The van der Waals surface area contributed by atoms with E-state index < -0.39 is 0 Å². The molecule has 5 nitrogen and oxygen atoms in total. The maximum absolute atomic E-state index is 11.0. The number of ether oxygens (including phenoxy) is 2. The Morgan fingerprint density at radius 2 is 2.31 bits per heavy atom. The summed E-state index contributed by atoms with van der Waals surface area (Å²) in [5, 5.41) is 8.50. The first-order valence-corrected chi connectivity index (χ1v) is 4.60. The molecule has 0 unspecified atom stereocenters. The van der Waals surface area contributed by atoms with Crippen molar-refractivity contribution in [3.05, 3.63) is 5.01 Å². The van der Waals surface area contributed by atoms with Gasteiger partial charge in [0.05, 0.1) is 20.1 Å². The van der Waals surface area contributed by atoms with E-state index in [2.05, 4.69) is 10.2 Å². The summed E-state index contributed by atoms with van der Waals surface area (Å²) in [6.45, 7) is 2.15. The number of rotatable bonds is 4. The molecule has 0 spiro atoms. The quantitative estimate of drug-likeness (QED) is 0.671. The van der Waals surface area contributed by atoms with Gasteiger partial charge in [0.2, 0.25) is 0 Å². The molecule has 0 N–H and O–H groups in total. The Labute approximate surface area is 79.7 Å². The van der Waals surface area contributed by atoms with E-state index >= 15 is 0 Å². The summed E-state index contributed by atoms with van der Waals surface area (Å²) < 4.78 is 9.58. The van der Waals surface area contributed by atoms with E-state index in [4.69, 9.17) is 9.47 Å². The van der Waals surface area contributed by atoms with Gasteiger partial charge in [-0.25, -0.2) is 0 Å². The number of carbonyl (C=O) groups excluding carboxylic acids is 1. The van der Waals surface area contributed by atoms with Gasteiger partial charge in [-0.05, 0) is 6.92 Å². The van der Waals surface area contributed by atoms with Crippen molar-refractivity contribution in [3.8, 4) is 5.19 Å². The van der Waals surface area contributed by atoms with Crippen LogP contribution in [0, 0.1) is 0 Å². The zero-order valence-corrected chi connectivity index (χ0v) is 8.26. The highest BCUT2D eigenvalue weighted by Gasteiger charge is 2.09. The molecule has 0 radical (unpaired) electrons. The third-order valence-electron chi connectivity index (χ3n) is 1.22. The molecule has 0 aliphatic rings. The monoisotopic (exact) mass is 202 g/mol. The van der Waals surface area contributed by atoms with Gasteiger partial charge in [-0.15, -0.1) is 10.2 Å². The maximum Gasteiger partial charge on any atom is 0.312 e. The smallest absolute Gasteiger partial charge is 0.312 e. The summed E-state index contributed by atoms with van der Waals surface area (Å²) in [4.78, 5) is 11.0. The first kappa shape index (κ1) is 9.91. The van der Waals surface area contributed by atoms with Crippen LogP contribution in [0.25, 0.3) is 0 Å². The molecule has 1 rings (SSSR count). The van der Waals surface area contributed by atoms with Crippen molar-refractivity contribution in [1.29, 1.82) is 0 Å². The minimum atomic E-state index is -0.290. The van der Waals surface area contributed by atoms with Crippen LogP contribution < -0.4 is 4.74 Å². The first-order valence-electron chi connectivity index (χ1n) is 3.78. The molecule has 13 heavy (non-hydrogen) atoms. The van der Waals surface area contributed by atoms with Crippen molar-refractivity contribution in [2.24, 2.45) is 0 Å². The van der Waals surface area contributed by atoms with Crippen molar-refractivity contribution in [1.82, 2.24) is 10.2 Å². The largest absolute Gasteiger partial charge is 0.472 e. The fourth-order valence-corrected chi connectivity index (χ4v) is 1.37. The fourth-order valence-electron chi connectivity index (χ4n) is 0.728. The van der Waals surface area contributed by atoms with E-state index in [-0.39, 0.29) is 12.4 Å². The topological polar surface area (TPSA) is 61.3 Å². The molecule has 6 heteroatoms. The van der Waals surface area contributed by atoms with Gasteiger partial charge in [-0.3, -0.25) is 4.79 Å². The van der Waals surface area contributed by atoms with Gasteiger partial charge in [-0.1, -0.05) is 11.3 Å². The van der Waals surface area contributed by atoms with E-state index in [0.29, 0.717) is 16.8 Å². The summed E-state index contributed by atoms with van der Waals surface area (Å²) in [6.07, 6.45) is 0.162. The van der Waals surface area contributed by atoms with Crippen molar-refractivity contribution in [2.75, 3.05) is 13.7 Å². The van der Waals surface area contributed by atoms with Crippen LogP contribution in [0.3, 0.4) is 0 Å². The molecule has 1 heterocycles. The van der Waals surface area contributed by atoms with Crippen LogP contribution >= 0.6 is 11.3 Å². The number of hydrogen-bond donors (Lipinski definition) is 0. The summed E-state index contributed by atoms with van der Waals surface area (Å²) in [5.41, 5.74) is 0. The molecule has 0 amide bonds. The normalized spacial score (nSPS) is 9.69. The number of esters is 1. The van der Waals surface area contributed by atoms with E-state index in [0.717, 1.165) is 0 Å². The lowest BCUT2D eigenvalue weighted by Gasteiger charge is -1.96. The number of hydrogen-bond acceptors (Lipinski definition) is 6. The summed E-state index contributed by atoms with van der Waals surface area (Å²) in [5.74, 6) is -0.290. The number of methoxy groups -OCH3 is 1. The van der Waals surface area contributed by atoms with E-state index in [1.807, 2.05) is 0 Å². The van der Waals surface area contributed by atoms with Crippen LogP contribution in [0.1, 0.15) is 11.9 Å². The van der Waals surface area contributed by atoms with Crippen molar-refractivity contribution in [3.63, 3.8) is 0 Å². The van der Waals surface area contributed by atoms with E-state index in [9.17, 15) is 4.79 Å². The second-order valence-electron chi connectivity index (χ2n) is 2.15. The van der Waals surface area contributed by atoms with Gasteiger partial charge in [0.25, 0.3) is 5.19 Å². The second kappa shape index (κ2) is 4.76. The predicted molar refractivity (Wildman–Crippen MR) is 46.8 cm³/mol.